The highest BCUT2D eigenvalue weighted by Crippen LogP contribution is 2.09. The van der Waals surface area contributed by atoms with Crippen molar-refractivity contribution in [2.24, 2.45) is 5.10 Å². The summed E-state index contributed by atoms with van der Waals surface area (Å²) in [5, 5.41) is 7.38. The zero-order valence-electron chi connectivity index (χ0n) is 13.5. The Kier molecular flexibility index (Phi) is 6.29. The molecule has 0 fully saturated rings. The number of nitrogens with zero attached hydrogens (tertiary/aromatic N) is 2. The minimum atomic E-state index is -0.0914. The lowest BCUT2D eigenvalue weighted by Gasteiger charge is -2.07. The first-order chi connectivity index (χ1) is 11.1. The summed E-state index contributed by atoms with van der Waals surface area (Å²) in [7, 11) is 0. The molecule has 0 saturated carbocycles. The predicted octanol–water partition coefficient (Wildman–Crippen LogP) is 3.12. The molecule has 0 aliphatic rings. The second kappa shape index (κ2) is 8.68. The summed E-state index contributed by atoms with van der Waals surface area (Å²) in [6.45, 7) is 4.63. The van der Waals surface area contributed by atoms with E-state index in [0.29, 0.717) is 12.1 Å². The van der Waals surface area contributed by atoms with Crippen LogP contribution in [0.25, 0.3) is 0 Å². The van der Waals surface area contributed by atoms with Crippen molar-refractivity contribution in [2.75, 3.05) is 11.9 Å². The van der Waals surface area contributed by atoms with Crippen LogP contribution in [0.3, 0.4) is 0 Å². The first-order valence-electron chi connectivity index (χ1n) is 7.70. The van der Waals surface area contributed by atoms with Gasteiger partial charge < -0.3 is 5.32 Å². The molecular weight excluding hydrogens is 288 g/mol. The lowest BCUT2D eigenvalue weighted by molar-refractivity contribution is -0.121. The summed E-state index contributed by atoms with van der Waals surface area (Å²) in [5.41, 5.74) is 6.31. The monoisotopic (exact) mass is 310 g/mol. The SMILES string of the molecule is C/C(=N/NC(=O)CCCNc1cccc(C)c1)c1ccccn1. The fraction of sp³-hybridized carbons (Fsp3) is 0.278. The van der Waals surface area contributed by atoms with Crippen LogP contribution < -0.4 is 10.7 Å². The van der Waals surface area contributed by atoms with Crippen LogP contribution in [-0.4, -0.2) is 23.1 Å². The second-order valence-corrected chi connectivity index (χ2v) is 5.35. The van der Waals surface area contributed by atoms with E-state index in [1.165, 1.54) is 5.56 Å². The summed E-state index contributed by atoms with van der Waals surface area (Å²) in [5.74, 6) is -0.0914. The number of hydrogen-bond acceptors (Lipinski definition) is 4. The quantitative estimate of drug-likeness (QED) is 0.469. The summed E-state index contributed by atoms with van der Waals surface area (Å²) < 4.78 is 0. The van der Waals surface area contributed by atoms with Gasteiger partial charge in [0.15, 0.2) is 0 Å². The number of benzene rings is 1. The molecule has 0 spiro atoms. The van der Waals surface area contributed by atoms with E-state index in [2.05, 4.69) is 39.9 Å². The highest BCUT2D eigenvalue weighted by molar-refractivity contribution is 5.97. The largest absolute Gasteiger partial charge is 0.385 e. The smallest absolute Gasteiger partial charge is 0.240 e. The summed E-state index contributed by atoms with van der Waals surface area (Å²) >= 11 is 0. The van der Waals surface area contributed by atoms with Crippen LogP contribution in [0.5, 0.6) is 0 Å². The van der Waals surface area contributed by atoms with E-state index in [1.54, 1.807) is 6.20 Å². The van der Waals surface area contributed by atoms with Gasteiger partial charge in [-0.25, -0.2) is 5.43 Å². The van der Waals surface area contributed by atoms with E-state index in [-0.39, 0.29) is 5.91 Å². The predicted molar refractivity (Wildman–Crippen MR) is 93.5 cm³/mol. The van der Waals surface area contributed by atoms with E-state index in [9.17, 15) is 4.79 Å². The van der Waals surface area contributed by atoms with Gasteiger partial charge in [-0.1, -0.05) is 18.2 Å². The van der Waals surface area contributed by atoms with Crippen molar-refractivity contribution in [3.8, 4) is 0 Å². The Balaban J connectivity index is 1.69. The molecule has 0 radical (unpaired) electrons. The molecule has 1 aromatic heterocycles. The van der Waals surface area contributed by atoms with E-state index in [0.717, 1.165) is 24.3 Å². The molecule has 5 heteroatoms. The molecule has 1 aromatic carbocycles. The molecule has 0 aliphatic carbocycles. The zero-order valence-corrected chi connectivity index (χ0v) is 13.5. The van der Waals surface area contributed by atoms with Gasteiger partial charge in [0.2, 0.25) is 5.91 Å². The first kappa shape index (κ1) is 16.7. The van der Waals surface area contributed by atoms with Crippen molar-refractivity contribution in [1.82, 2.24) is 10.4 Å². The van der Waals surface area contributed by atoms with Crippen LogP contribution in [0.1, 0.15) is 31.0 Å². The Morgan fingerprint density at radius 3 is 2.83 bits per heavy atom. The molecule has 0 aliphatic heterocycles. The van der Waals surface area contributed by atoms with E-state index in [4.69, 9.17) is 0 Å². The lowest BCUT2D eigenvalue weighted by Crippen LogP contribution is -2.20. The number of hydrogen-bond donors (Lipinski definition) is 2. The molecule has 5 nitrogen and oxygen atoms in total. The molecule has 0 bridgehead atoms. The van der Waals surface area contributed by atoms with Crippen molar-refractivity contribution in [1.29, 1.82) is 0 Å². The van der Waals surface area contributed by atoms with Crippen LogP contribution in [0.2, 0.25) is 0 Å². The summed E-state index contributed by atoms with van der Waals surface area (Å²) in [4.78, 5) is 16.0. The van der Waals surface area contributed by atoms with Crippen LogP contribution in [0, 0.1) is 6.92 Å². The number of anilines is 1. The molecule has 0 atom stereocenters. The van der Waals surface area contributed by atoms with E-state index >= 15 is 0 Å². The lowest BCUT2D eigenvalue weighted by atomic mass is 10.2. The summed E-state index contributed by atoms with van der Waals surface area (Å²) in [6, 6.07) is 13.8. The Morgan fingerprint density at radius 2 is 2.09 bits per heavy atom. The molecule has 2 rings (SSSR count). The molecule has 0 unspecified atom stereocenters. The van der Waals surface area contributed by atoms with Crippen molar-refractivity contribution >= 4 is 17.3 Å². The molecule has 2 aromatic rings. The van der Waals surface area contributed by atoms with Crippen LogP contribution in [0.15, 0.2) is 53.8 Å². The number of aryl methyl sites for hydroxylation is 1. The fourth-order valence-electron chi connectivity index (χ4n) is 2.07. The Morgan fingerprint density at radius 1 is 1.22 bits per heavy atom. The number of rotatable bonds is 7. The number of pyridine rings is 1. The maximum Gasteiger partial charge on any atom is 0.240 e. The van der Waals surface area contributed by atoms with E-state index < -0.39 is 0 Å². The highest BCUT2D eigenvalue weighted by Gasteiger charge is 2.02. The maximum atomic E-state index is 11.8. The first-order valence-corrected chi connectivity index (χ1v) is 7.70. The van der Waals surface area contributed by atoms with Gasteiger partial charge in [0.05, 0.1) is 11.4 Å². The third-order valence-corrected chi connectivity index (χ3v) is 3.31. The molecule has 23 heavy (non-hydrogen) atoms. The van der Waals surface area contributed by atoms with Gasteiger partial charge in [-0.15, -0.1) is 0 Å². The highest BCUT2D eigenvalue weighted by atomic mass is 16.2. The normalized spacial score (nSPS) is 11.1. The minimum Gasteiger partial charge on any atom is -0.385 e. The number of carbonyl (C=O) groups excluding carboxylic acids is 1. The molecule has 0 saturated heterocycles. The van der Waals surface area contributed by atoms with Crippen molar-refractivity contribution < 1.29 is 4.79 Å². The molecule has 1 amide bonds. The summed E-state index contributed by atoms with van der Waals surface area (Å²) in [6.07, 6.45) is 2.88. The number of aromatic nitrogens is 1. The number of amides is 1. The maximum absolute atomic E-state index is 11.8. The number of carbonyl (C=O) groups is 1. The zero-order chi connectivity index (χ0) is 16.5. The van der Waals surface area contributed by atoms with Gasteiger partial charge in [-0.2, -0.15) is 5.10 Å². The topological polar surface area (TPSA) is 66.4 Å². The third kappa shape index (κ3) is 5.90. The van der Waals surface area contributed by atoms with Gasteiger partial charge in [0.25, 0.3) is 0 Å². The minimum absolute atomic E-state index is 0.0914. The van der Waals surface area contributed by atoms with Crippen LogP contribution in [-0.2, 0) is 4.79 Å². The van der Waals surface area contributed by atoms with Gasteiger partial charge in [0, 0.05) is 24.8 Å². The number of hydrazone groups is 1. The Bertz CT molecular complexity index is 668. The van der Waals surface area contributed by atoms with Gasteiger partial charge in [0.1, 0.15) is 0 Å². The van der Waals surface area contributed by atoms with Crippen molar-refractivity contribution in [2.45, 2.75) is 26.7 Å². The average molecular weight is 310 g/mol. The van der Waals surface area contributed by atoms with Crippen molar-refractivity contribution in [3.63, 3.8) is 0 Å². The molecule has 120 valence electrons. The Hall–Kier alpha value is -2.69. The molecule has 1 heterocycles. The molecular formula is C18H22N4O. The van der Waals surface area contributed by atoms with E-state index in [1.807, 2.05) is 37.3 Å². The number of nitrogens with one attached hydrogen (secondary N) is 2. The van der Waals surface area contributed by atoms with Gasteiger partial charge >= 0.3 is 0 Å². The fourth-order valence-corrected chi connectivity index (χ4v) is 2.07. The third-order valence-electron chi connectivity index (χ3n) is 3.31. The Labute approximate surface area is 136 Å². The van der Waals surface area contributed by atoms with Gasteiger partial charge in [-0.05, 0) is 50.1 Å². The standard InChI is InChI=1S/C18H22N4O/c1-14-7-5-8-16(13-14)19-12-6-10-18(23)22-21-15(2)17-9-3-4-11-20-17/h3-5,7-9,11,13,19H,6,10,12H2,1-2H3,(H,22,23)/b21-15-. The van der Waals surface area contributed by atoms with Crippen molar-refractivity contribution in [3.05, 3.63) is 59.9 Å². The van der Waals surface area contributed by atoms with Crippen LogP contribution in [0.4, 0.5) is 5.69 Å². The van der Waals surface area contributed by atoms with Crippen LogP contribution >= 0.6 is 0 Å². The molecule has 2 N–H and O–H groups in total. The average Bonchev–Trinajstić information content (AvgIpc) is 2.57. The van der Waals surface area contributed by atoms with Gasteiger partial charge in [-0.3, -0.25) is 9.78 Å². The second-order valence-electron chi connectivity index (χ2n) is 5.35.